The molecule has 0 saturated carbocycles. The molecule has 2 N–H and O–H groups in total. The van der Waals surface area contributed by atoms with Gasteiger partial charge in [0.15, 0.2) is 0 Å². The molecule has 1 amide bonds. The van der Waals surface area contributed by atoms with Gasteiger partial charge in [0.25, 0.3) is 0 Å². The second-order valence-electron chi connectivity index (χ2n) is 5.90. The molecule has 1 heterocycles. The highest BCUT2D eigenvalue weighted by atomic mass is 16.4. The fraction of sp³-hybridized carbons (Fsp3) is 0.333. The Bertz CT molecular complexity index is 787. The van der Waals surface area contributed by atoms with Crippen LogP contribution >= 0.6 is 0 Å². The first-order valence-corrected chi connectivity index (χ1v) is 6.95. The predicted octanol–water partition coefficient (Wildman–Crippen LogP) is 1.01. The number of nitrogens with one attached hydrogen (secondary N) is 1. The van der Waals surface area contributed by atoms with Crippen molar-refractivity contribution in [2.45, 2.75) is 20.3 Å². The van der Waals surface area contributed by atoms with Crippen LogP contribution in [0.2, 0.25) is 0 Å². The smallest absolute Gasteiger partial charge is 0.350 e. The van der Waals surface area contributed by atoms with Gasteiger partial charge in [-0.1, -0.05) is 0 Å². The molecule has 0 spiro atoms. The predicted molar refractivity (Wildman–Crippen MR) is 83.5 cm³/mol. The van der Waals surface area contributed by atoms with Crippen LogP contribution in [-0.4, -0.2) is 31.3 Å². The number of amides is 1. The Labute approximate surface area is 132 Å². The van der Waals surface area contributed by atoms with Gasteiger partial charge in [-0.15, -0.1) is 0 Å². The Hall–Kier alpha value is -2.90. The number of carboxylic acids is 1. The lowest BCUT2D eigenvalue weighted by atomic mass is 9.89. The maximum Gasteiger partial charge on any atom is 0.350 e. The number of hydrogen-bond donors (Lipinski definition) is 2. The van der Waals surface area contributed by atoms with Gasteiger partial charge in [-0.05, 0) is 38.1 Å². The first-order valence-electron chi connectivity index (χ1n) is 6.95. The van der Waals surface area contributed by atoms with E-state index in [0.717, 1.165) is 0 Å². The van der Waals surface area contributed by atoms with Gasteiger partial charge in [0, 0.05) is 19.2 Å². The highest BCUT2D eigenvalue weighted by Gasteiger charge is 2.30. The first kappa shape index (κ1) is 16.5. The highest BCUT2D eigenvalue weighted by molar-refractivity contribution is 5.94. The molecule has 0 saturated heterocycles. The van der Waals surface area contributed by atoms with Crippen molar-refractivity contribution in [2.24, 2.45) is 12.5 Å². The molecule has 2 rings (SSSR count). The van der Waals surface area contributed by atoms with Crippen molar-refractivity contribution < 1.29 is 14.7 Å². The second-order valence-corrected chi connectivity index (χ2v) is 5.90. The van der Waals surface area contributed by atoms with Gasteiger partial charge in [-0.3, -0.25) is 14.2 Å². The second kappa shape index (κ2) is 6.07. The maximum atomic E-state index is 11.9. The Kier molecular flexibility index (Phi) is 4.35. The molecule has 0 aliphatic heterocycles. The number of hydrogen-bond acceptors (Lipinski definition) is 4. The van der Waals surface area contributed by atoms with E-state index in [-0.39, 0.29) is 18.0 Å². The monoisotopic (exact) mass is 318 g/mol. The number of carboxylic acid groups (broad SMARTS) is 1. The van der Waals surface area contributed by atoms with E-state index in [0.29, 0.717) is 11.4 Å². The third-order valence-corrected chi connectivity index (χ3v) is 3.40. The minimum absolute atomic E-state index is 0.135. The number of aromatic nitrogens is 3. The molecule has 0 bridgehead atoms. The van der Waals surface area contributed by atoms with Crippen LogP contribution in [0.3, 0.4) is 0 Å². The highest BCUT2D eigenvalue weighted by Crippen LogP contribution is 2.21. The zero-order valence-electron chi connectivity index (χ0n) is 13.1. The summed E-state index contributed by atoms with van der Waals surface area (Å²) in [5.41, 5.74) is -0.320. The van der Waals surface area contributed by atoms with E-state index in [1.807, 2.05) is 0 Å². The molecule has 0 unspecified atom stereocenters. The van der Waals surface area contributed by atoms with E-state index in [2.05, 4.69) is 10.4 Å². The van der Waals surface area contributed by atoms with Crippen molar-refractivity contribution in [3.05, 3.63) is 41.1 Å². The van der Waals surface area contributed by atoms with Crippen molar-refractivity contribution in [1.29, 1.82) is 0 Å². The third kappa shape index (κ3) is 3.65. The van der Waals surface area contributed by atoms with Crippen molar-refractivity contribution in [2.75, 3.05) is 5.32 Å². The SMILES string of the molecule is Cn1cnn(-c2ccc(NC(=O)CC(C)(C)C(=O)O)cc2)c1=O. The quantitative estimate of drug-likeness (QED) is 0.856. The number of nitrogens with zero attached hydrogens (tertiary/aromatic N) is 3. The third-order valence-electron chi connectivity index (χ3n) is 3.40. The fourth-order valence-electron chi connectivity index (χ4n) is 1.92. The molecule has 0 aliphatic rings. The molecular weight excluding hydrogens is 300 g/mol. The van der Waals surface area contributed by atoms with Crippen LogP contribution < -0.4 is 11.0 Å². The summed E-state index contributed by atoms with van der Waals surface area (Å²) in [6.07, 6.45) is 1.27. The largest absolute Gasteiger partial charge is 0.481 e. The van der Waals surface area contributed by atoms with Crippen molar-refractivity contribution in [3.8, 4) is 5.69 Å². The Balaban J connectivity index is 2.09. The van der Waals surface area contributed by atoms with Gasteiger partial charge in [-0.2, -0.15) is 9.78 Å². The lowest BCUT2D eigenvalue weighted by Crippen LogP contribution is -2.29. The molecule has 0 radical (unpaired) electrons. The van der Waals surface area contributed by atoms with Crippen LogP contribution in [0.25, 0.3) is 5.69 Å². The van der Waals surface area contributed by atoms with Crippen LogP contribution in [0, 0.1) is 5.41 Å². The lowest BCUT2D eigenvalue weighted by Gasteiger charge is -2.18. The van der Waals surface area contributed by atoms with Gasteiger partial charge < -0.3 is 10.4 Å². The number of carbonyl (C=O) groups excluding carboxylic acids is 1. The van der Waals surface area contributed by atoms with E-state index in [4.69, 9.17) is 5.11 Å². The van der Waals surface area contributed by atoms with Gasteiger partial charge in [0.05, 0.1) is 11.1 Å². The zero-order chi connectivity index (χ0) is 17.2. The van der Waals surface area contributed by atoms with Crippen LogP contribution in [0.5, 0.6) is 0 Å². The average molecular weight is 318 g/mol. The molecule has 1 aromatic carbocycles. The van der Waals surface area contributed by atoms with Crippen LogP contribution in [0.4, 0.5) is 5.69 Å². The standard InChI is InChI=1S/C15H18N4O4/c1-15(2,13(21)22)8-12(20)17-10-4-6-11(7-5-10)19-14(23)18(3)9-16-19/h4-7,9H,8H2,1-3H3,(H,17,20)(H,21,22). The van der Waals surface area contributed by atoms with Gasteiger partial charge >= 0.3 is 11.7 Å². The Morgan fingerprint density at radius 3 is 2.35 bits per heavy atom. The number of benzene rings is 1. The summed E-state index contributed by atoms with van der Waals surface area (Å²) in [6, 6.07) is 6.54. The van der Waals surface area contributed by atoms with E-state index in [9.17, 15) is 14.4 Å². The molecule has 8 heteroatoms. The average Bonchev–Trinajstić information content (AvgIpc) is 2.79. The number of carbonyl (C=O) groups is 2. The number of aliphatic carboxylic acids is 1. The number of aryl methyl sites for hydroxylation is 1. The Morgan fingerprint density at radius 2 is 1.87 bits per heavy atom. The van der Waals surface area contributed by atoms with E-state index in [1.54, 1.807) is 31.3 Å². The minimum atomic E-state index is -1.13. The first-order chi connectivity index (χ1) is 10.7. The molecule has 8 nitrogen and oxygen atoms in total. The number of rotatable bonds is 5. The van der Waals surface area contributed by atoms with Crippen LogP contribution in [0.15, 0.2) is 35.4 Å². The van der Waals surface area contributed by atoms with Crippen LogP contribution in [0.1, 0.15) is 20.3 Å². The van der Waals surface area contributed by atoms with E-state index >= 15 is 0 Å². The van der Waals surface area contributed by atoms with Crippen molar-refractivity contribution in [3.63, 3.8) is 0 Å². The molecule has 122 valence electrons. The molecule has 0 fully saturated rings. The molecule has 1 aromatic heterocycles. The summed E-state index contributed by atoms with van der Waals surface area (Å²) in [5.74, 6) is -1.42. The summed E-state index contributed by atoms with van der Waals surface area (Å²) >= 11 is 0. The summed E-state index contributed by atoms with van der Waals surface area (Å²) in [5, 5.41) is 15.6. The molecule has 0 atom stereocenters. The zero-order valence-corrected chi connectivity index (χ0v) is 13.1. The fourth-order valence-corrected chi connectivity index (χ4v) is 1.92. The summed E-state index contributed by atoms with van der Waals surface area (Å²) < 4.78 is 2.59. The normalized spacial score (nSPS) is 11.3. The van der Waals surface area contributed by atoms with Crippen molar-refractivity contribution >= 4 is 17.6 Å². The van der Waals surface area contributed by atoms with Gasteiger partial charge in [0.1, 0.15) is 6.33 Å². The molecule has 23 heavy (non-hydrogen) atoms. The molecule has 0 aliphatic carbocycles. The van der Waals surface area contributed by atoms with Crippen molar-refractivity contribution in [1.82, 2.24) is 14.3 Å². The topological polar surface area (TPSA) is 106 Å². The summed E-state index contributed by atoms with van der Waals surface area (Å²) in [7, 11) is 1.60. The van der Waals surface area contributed by atoms with E-state index < -0.39 is 11.4 Å². The van der Waals surface area contributed by atoms with Crippen LogP contribution in [-0.2, 0) is 16.6 Å². The lowest BCUT2D eigenvalue weighted by molar-refractivity contribution is -0.148. The summed E-state index contributed by atoms with van der Waals surface area (Å²) in [4.78, 5) is 34.7. The van der Waals surface area contributed by atoms with E-state index in [1.165, 1.54) is 29.4 Å². The summed E-state index contributed by atoms with van der Waals surface area (Å²) in [6.45, 7) is 2.98. The van der Waals surface area contributed by atoms with Gasteiger partial charge in [0.2, 0.25) is 5.91 Å². The number of anilines is 1. The molecular formula is C15H18N4O4. The Morgan fingerprint density at radius 1 is 1.26 bits per heavy atom. The minimum Gasteiger partial charge on any atom is -0.481 e. The van der Waals surface area contributed by atoms with Gasteiger partial charge in [-0.25, -0.2) is 4.79 Å². The molecule has 2 aromatic rings. The maximum absolute atomic E-state index is 11.9.